The highest BCUT2D eigenvalue weighted by Crippen LogP contribution is 2.25. The number of carbonyl (C=O) groups excluding carboxylic acids is 2. The van der Waals surface area contributed by atoms with Gasteiger partial charge < -0.3 is 21.7 Å². The third kappa shape index (κ3) is 13.9. The summed E-state index contributed by atoms with van der Waals surface area (Å²) in [7, 11) is 0. The molecule has 1 fully saturated rings. The summed E-state index contributed by atoms with van der Waals surface area (Å²) in [4.78, 5) is 26.2. The first-order valence-corrected chi connectivity index (χ1v) is 12.9. The van der Waals surface area contributed by atoms with E-state index in [9.17, 15) is 9.59 Å². The van der Waals surface area contributed by atoms with E-state index in [0.29, 0.717) is 26.1 Å². The number of likely N-dealkylation sites (tertiary alicyclic amines) is 1. The Kier molecular flexibility index (Phi) is 17.8. The lowest BCUT2D eigenvalue weighted by molar-refractivity contribution is -0.139. The molecule has 1 aliphatic rings. The number of imide groups is 1. The monoisotopic (exact) mass is 439 g/mol. The number of nitrogens with two attached hydrogens (primary N) is 1. The van der Waals surface area contributed by atoms with Gasteiger partial charge in [0.2, 0.25) is 11.8 Å². The largest absolute Gasteiger partial charge is 0.329 e. The first-order valence-electron chi connectivity index (χ1n) is 12.9. The topological polar surface area (TPSA) is 99.5 Å². The molecule has 1 aliphatic heterocycles. The molecule has 7 nitrogen and oxygen atoms in total. The summed E-state index contributed by atoms with van der Waals surface area (Å²) >= 11 is 0. The molecule has 5 N–H and O–H groups in total. The molecule has 0 aromatic rings. The summed E-state index contributed by atoms with van der Waals surface area (Å²) in [5.41, 5.74) is 5.42. The molecule has 0 aliphatic carbocycles. The lowest BCUT2D eigenvalue weighted by Gasteiger charge is -2.15. The third-order valence-corrected chi connectivity index (χ3v) is 6.03. The molecule has 0 aromatic carbocycles. The van der Waals surface area contributed by atoms with Crippen LogP contribution < -0.4 is 21.7 Å². The zero-order chi connectivity index (χ0) is 22.6. The van der Waals surface area contributed by atoms with Crippen LogP contribution in [0.3, 0.4) is 0 Å². The second-order valence-corrected chi connectivity index (χ2v) is 8.79. The van der Waals surface area contributed by atoms with Crippen LogP contribution >= 0.6 is 0 Å². The van der Waals surface area contributed by atoms with Gasteiger partial charge >= 0.3 is 0 Å². The minimum Gasteiger partial charge on any atom is -0.329 e. The number of rotatable bonds is 22. The van der Waals surface area contributed by atoms with E-state index < -0.39 is 0 Å². The summed E-state index contributed by atoms with van der Waals surface area (Å²) < 4.78 is 0. The summed E-state index contributed by atoms with van der Waals surface area (Å²) in [5, 5.41) is 9.88. The maximum absolute atomic E-state index is 12.5. The van der Waals surface area contributed by atoms with Crippen molar-refractivity contribution in [2.24, 2.45) is 11.7 Å². The second-order valence-electron chi connectivity index (χ2n) is 8.79. The SMILES string of the molecule is CCCCCCCCCCCCC1CC(=O)N(CCNCCNCCNCCN)C1=O. The Bertz CT molecular complexity index is 461. The Morgan fingerprint density at radius 3 is 1.87 bits per heavy atom. The van der Waals surface area contributed by atoms with E-state index in [2.05, 4.69) is 22.9 Å². The van der Waals surface area contributed by atoms with Gasteiger partial charge in [-0.1, -0.05) is 71.1 Å². The van der Waals surface area contributed by atoms with E-state index in [0.717, 1.165) is 45.6 Å². The lowest BCUT2D eigenvalue weighted by atomic mass is 9.98. The van der Waals surface area contributed by atoms with Gasteiger partial charge in [-0.25, -0.2) is 0 Å². The van der Waals surface area contributed by atoms with Crippen LogP contribution in [0.1, 0.15) is 84.0 Å². The Balaban J connectivity index is 1.98. The van der Waals surface area contributed by atoms with Gasteiger partial charge in [0, 0.05) is 64.7 Å². The van der Waals surface area contributed by atoms with Crippen molar-refractivity contribution in [1.29, 1.82) is 0 Å². The van der Waals surface area contributed by atoms with Gasteiger partial charge in [0.25, 0.3) is 0 Å². The summed E-state index contributed by atoms with van der Waals surface area (Å²) in [6.45, 7) is 8.43. The van der Waals surface area contributed by atoms with Crippen LogP contribution in [0.2, 0.25) is 0 Å². The molecule has 1 atom stereocenters. The van der Waals surface area contributed by atoms with Gasteiger partial charge in [0.1, 0.15) is 0 Å². The van der Waals surface area contributed by atoms with E-state index in [4.69, 9.17) is 5.73 Å². The molecule has 0 saturated carbocycles. The Morgan fingerprint density at radius 1 is 0.774 bits per heavy atom. The quantitative estimate of drug-likeness (QED) is 0.153. The maximum Gasteiger partial charge on any atom is 0.232 e. The molecule has 2 amide bonds. The van der Waals surface area contributed by atoms with Crippen LogP contribution in [0.25, 0.3) is 0 Å². The highest BCUT2D eigenvalue weighted by atomic mass is 16.2. The average molecular weight is 440 g/mol. The van der Waals surface area contributed by atoms with Gasteiger partial charge in [-0.05, 0) is 6.42 Å². The zero-order valence-electron chi connectivity index (χ0n) is 20.1. The van der Waals surface area contributed by atoms with Crippen molar-refractivity contribution in [1.82, 2.24) is 20.9 Å². The predicted molar refractivity (Wildman–Crippen MR) is 129 cm³/mol. The summed E-state index contributed by atoms with van der Waals surface area (Å²) in [6, 6.07) is 0. The summed E-state index contributed by atoms with van der Waals surface area (Å²) in [6.07, 6.45) is 14.2. The van der Waals surface area contributed by atoms with Crippen LogP contribution in [0, 0.1) is 5.92 Å². The Morgan fingerprint density at radius 2 is 1.29 bits per heavy atom. The number of hydrogen-bond donors (Lipinski definition) is 4. The van der Waals surface area contributed by atoms with Gasteiger partial charge in [0.05, 0.1) is 0 Å². The molecule has 182 valence electrons. The Hall–Kier alpha value is -1.02. The van der Waals surface area contributed by atoms with Crippen molar-refractivity contribution in [2.75, 3.05) is 52.4 Å². The first-order chi connectivity index (χ1) is 15.2. The minimum atomic E-state index is -0.0794. The molecule has 0 aromatic heterocycles. The third-order valence-electron chi connectivity index (χ3n) is 6.03. The fraction of sp³-hybridized carbons (Fsp3) is 0.917. The number of unbranched alkanes of at least 4 members (excludes halogenated alkanes) is 9. The van der Waals surface area contributed by atoms with E-state index >= 15 is 0 Å². The number of nitrogens with zero attached hydrogens (tertiary/aromatic N) is 1. The summed E-state index contributed by atoms with van der Waals surface area (Å²) in [5.74, 6) is -0.0240. The molecule has 31 heavy (non-hydrogen) atoms. The molecule has 7 heteroatoms. The highest BCUT2D eigenvalue weighted by Gasteiger charge is 2.37. The highest BCUT2D eigenvalue weighted by molar-refractivity contribution is 6.03. The lowest BCUT2D eigenvalue weighted by Crippen LogP contribution is -2.39. The minimum absolute atomic E-state index is 0.00739. The van der Waals surface area contributed by atoms with Crippen molar-refractivity contribution >= 4 is 11.8 Å². The molecule has 0 radical (unpaired) electrons. The molecular weight excluding hydrogens is 390 g/mol. The van der Waals surface area contributed by atoms with Gasteiger partial charge in [-0.3, -0.25) is 14.5 Å². The van der Waals surface area contributed by atoms with Crippen LogP contribution in [-0.4, -0.2) is 69.1 Å². The number of hydrogen-bond acceptors (Lipinski definition) is 6. The number of amides is 2. The average Bonchev–Trinajstić information content (AvgIpc) is 3.03. The van der Waals surface area contributed by atoms with Crippen molar-refractivity contribution < 1.29 is 9.59 Å². The van der Waals surface area contributed by atoms with Crippen molar-refractivity contribution in [3.8, 4) is 0 Å². The zero-order valence-corrected chi connectivity index (χ0v) is 20.1. The van der Waals surface area contributed by atoms with Crippen molar-refractivity contribution in [2.45, 2.75) is 84.0 Å². The Labute approximate surface area is 190 Å². The fourth-order valence-electron chi connectivity index (χ4n) is 4.11. The van der Waals surface area contributed by atoms with Crippen LogP contribution in [-0.2, 0) is 9.59 Å². The molecule has 0 spiro atoms. The van der Waals surface area contributed by atoms with E-state index in [1.807, 2.05) is 0 Å². The normalized spacial score (nSPS) is 16.6. The molecule has 1 rings (SSSR count). The van der Waals surface area contributed by atoms with Crippen LogP contribution in [0.15, 0.2) is 0 Å². The van der Waals surface area contributed by atoms with E-state index in [1.54, 1.807) is 0 Å². The van der Waals surface area contributed by atoms with Gasteiger partial charge in [-0.2, -0.15) is 0 Å². The molecular formula is C24H49N5O2. The van der Waals surface area contributed by atoms with Crippen LogP contribution in [0.4, 0.5) is 0 Å². The standard InChI is InChI=1S/C24H49N5O2/c1-2-3-4-5-6-7-8-9-10-11-12-22-21-23(30)29(24(22)31)20-19-28-18-17-27-16-15-26-14-13-25/h22,26-28H,2-21,25H2,1H3. The smallest absolute Gasteiger partial charge is 0.232 e. The molecule has 1 heterocycles. The molecule has 1 unspecified atom stereocenters. The van der Waals surface area contributed by atoms with Crippen molar-refractivity contribution in [3.63, 3.8) is 0 Å². The molecule has 0 bridgehead atoms. The fourth-order valence-corrected chi connectivity index (χ4v) is 4.11. The maximum atomic E-state index is 12.5. The van der Waals surface area contributed by atoms with E-state index in [1.165, 1.54) is 62.7 Å². The van der Waals surface area contributed by atoms with E-state index in [-0.39, 0.29) is 17.7 Å². The van der Waals surface area contributed by atoms with Crippen molar-refractivity contribution in [3.05, 3.63) is 0 Å². The van der Waals surface area contributed by atoms with Gasteiger partial charge in [-0.15, -0.1) is 0 Å². The first kappa shape index (κ1) is 28.0. The number of nitrogens with one attached hydrogen (secondary N) is 3. The van der Waals surface area contributed by atoms with Crippen LogP contribution in [0.5, 0.6) is 0 Å². The molecule has 1 saturated heterocycles. The second kappa shape index (κ2) is 19.6. The predicted octanol–water partition coefficient (Wildman–Crippen LogP) is 2.40. The van der Waals surface area contributed by atoms with Gasteiger partial charge in [0.15, 0.2) is 0 Å². The number of carbonyl (C=O) groups is 2.